The average Bonchev–Trinajstić information content (AvgIpc) is 2.81. The van der Waals surface area contributed by atoms with Crippen molar-refractivity contribution in [3.05, 3.63) is 51.2 Å². The first kappa shape index (κ1) is 14.9. The Bertz CT molecular complexity index is 623. The molecule has 0 radical (unpaired) electrons. The summed E-state index contributed by atoms with van der Waals surface area (Å²) >= 11 is 8.35. The van der Waals surface area contributed by atoms with E-state index < -0.39 is 0 Å². The molecule has 1 aliphatic rings. The predicted octanol–water partition coefficient (Wildman–Crippen LogP) is 4.66. The molecule has 0 spiro atoms. The SMILES string of the molecule is Cc1ccc(C(C)Nc2cccc3c2CCNCC3Cl)s1. The zero-order valence-corrected chi connectivity index (χ0v) is 14.0. The Morgan fingerprint density at radius 1 is 1.33 bits per heavy atom. The lowest BCUT2D eigenvalue weighted by Gasteiger charge is -2.19. The van der Waals surface area contributed by atoms with E-state index in [4.69, 9.17) is 11.6 Å². The van der Waals surface area contributed by atoms with E-state index in [0.29, 0.717) is 6.04 Å². The van der Waals surface area contributed by atoms with Crippen LogP contribution in [0.1, 0.15) is 39.2 Å². The zero-order chi connectivity index (χ0) is 14.8. The maximum Gasteiger partial charge on any atom is 0.0713 e. The van der Waals surface area contributed by atoms with Gasteiger partial charge in [0, 0.05) is 22.0 Å². The molecule has 0 saturated heterocycles. The van der Waals surface area contributed by atoms with Crippen LogP contribution in [-0.4, -0.2) is 13.1 Å². The molecule has 2 N–H and O–H groups in total. The highest BCUT2D eigenvalue weighted by Gasteiger charge is 2.19. The van der Waals surface area contributed by atoms with E-state index in [2.05, 4.69) is 54.8 Å². The van der Waals surface area contributed by atoms with E-state index in [0.717, 1.165) is 19.5 Å². The number of rotatable bonds is 3. The molecule has 0 aliphatic carbocycles. The van der Waals surface area contributed by atoms with Crippen LogP contribution in [0.25, 0.3) is 0 Å². The Hall–Kier alpha value is -1.03. The van der Waals surface area contributed by atoms with Gasteiger partial charge in [0.1, 0.15) is 0 Å². The number of aryl methyl sites for hydroxylation is 1. The fourth-order valence-corrected chi connectivity index (χ4v) is 4.05. The fraction of sp³-hybridized carbons (Fsp3) is 0.412. The zero-order valence-electron chi connectivity index (χ0n) is 12.4. The van der Waals surface area contributed by atoms with E-state index in [1.54, 1.807) is 0 Å². The molecule has 2 heterocycles. The van der Waals surface area contributed by atoms with Gasteiger partial charge in [-0.1, -0.05) is 12.1 Å². The van der Waals surface area contributed by atoms with Crippen LogP contribution in [0.15, 0.2) is 30.3 Å². The normalized spacial score (nSPS) is 19.7. The summed E-state index contributed by atoms with van der Waals surface area (Å²) in [6.45, 7) is 6.20. The summed E-state index contributed by atoms with van der Waals surface area (Å²) in [6.07, 6.45) is 1.03. The van der Waals surface area contributed by atoms with E-state index in [9.17, 15) is 0 Å². The van der Waals surface area contributed by atoms with E-state index in [1.165, 1.54) is 26.6 Å². The molecule has 0 bridgehead atoms. The highest BCUT2D eigenvalue weighted by Crippen LogP contribution is 2.33. The second-order valence-electron chi connectivity index (χ2n) is 5.61. The quantitative estimate of drug-likeness (QED) is 0.804. The number of halogens is 1. The van der Waals surface area contributed by atoms with Crippen molar-refractivity contribution in [2.24, 2.45) is 0 Å². The number of anilines is 1. The molecule has 1 aromatic carbocycles. The smallest absolute Gasteiger partial charge is 0.0713 e. The van der Waals surface area contributed by atoms with Crippen molar-refractivity contribution >= 4 is 28.6 Å². The first-order valence-electron chi connectivity index (χ1n) is 7.44. The summed E-state index contributed by atoms with van der Waals surface area (Å²) in [4.78, 5) is 2.73. The van der Waals surface area contributed by atoms with Gasteiger partial charge in [0.25, 0.3) is 0 Å². The van der Waals surface area contributed by atoms with Gasteiger partial charge in [-0.25, -0.2) is 0 Å². The molecular weight excluding hydrogens is 300 g/mol. The molecule has 2 atom stereocenters. The molecule has 3 rings (SSSR count). The third-order valence-electron chi connectivity index (χ3n) is 3.98. The number of hydrogen-bond donors (Lipinski definition) is 2. The van der Waals surface area contributed by atoms with E-state index in [1.807, 2.05) is 11.3 Å². The van der Waals surface area contributed by atoms with Crippen LogP contribution >= 0.6 is 22.9 Å². The monoisotopic (exact) mass is 320 g/mol. The van der Waals surface area contributed by atoms with Crippen molar-refractivity contribution in [3.63, 3.8) is 0 Å². The topological polar surface area (TPSA) is 24.1 Å². The van der Waals surface area contributed by atoms with Gasteiger partial charge >= 0.3 is 0 Å². The van der Waals surface area contributed by atoms with Crippen molar-refractivity contribution in [1.82, 2.24) is 5.32 Å². The Morgan fingerprint density at radius 3 is 2.95 bits per heavy atom. The molecule has 112 valence electrons. The maximum absolute atomic E-state index is 6.49. The maximum atomic E-state index is 6.49. The van der Waals surface area contributed by atoms with Gasteiger partial charge < -0.3 is 10.6 Å². The Kier molecular flexibility index (Phi) is 4.53. The summed E-state index contributed by atoms with van der Waals surface area (Å²) in [5.41, 5.74) is 3.85. The van der Waals surface area contributed by atoms with Crippen molar-refractivity contribution < 1.29 is 0 Å². The Balaban J connectivity index is 1.87. The molecule has 2 nitrogen and oxygen atoms in total. The molecule has 0 amide bonds. The number of alkyl halides is 1. The first-order chi connectivity index (χ1) is 10.1. The number of hydrogen-bond acceptors (Lipinski definition) is 3. The number of benzene rings is 1. The molecule has 0 saturated carbocycles. The molecule has 2 unspecified atom stereocenters. The van der Waals surface area contributed by atoms with Gasteiger partial charge in [-0.3, -0.25) is 0 Å². The van der Waals surface area contributed by atoms with Crippen molar-refractivity contribution in [3.8, 4) is 0 Å². The minimum atomic E-state index is 0.0588. The van der Waals surface area contributed by atoms with Crippen LogP contribution in [0, 0.1) is 6.92 Å². The van der Waals surface area contributed by atoms with Crippen LogP contribution in [0.4, 0.5) is 5.69 Å². The largest absolute Gasteiger partial charge is 0.377 e. The Labute approximate surface area is 135 Å². The minimum absolute atomic E-state index is 0.0588. The van der Waals surface area contributed by atoms with Crippen molar-refractivity contribution in [1.29, 1.82) is 0 Å². The van der Waals surface area contributed by atoms with Gasteiger partial charge in [-0.2, -0.15) is 0 Å². The summed E-state index contributed by atoms with van der Waals surface area (Å²) in [5.74, 6) is 0. The third kappa shape index (κ3) is 3.25. The van der Waals surface area contributed by atoms with Crippen LogP contribution in [0.2, 0.25) is 0 Å². The van der Waals surface area contributed by atoms with Gasteiger partial charge in [0.2, 0.25) is 0 Å². The van der Waals surface area contributed by atoms with Gasteiger partial charge in [-0.05, 0) is 56.1 Å². The predicted molar refractivity (Wildman–Crippen MR) is 92.7 cm³/mol. The molecule has 0 fully saturated rings. The van der Waals surface area contributed by atoms with Gasteiger partial charge in [-0.15, -0.1) is 22.9 Å². The molecule has 1 aliphatic heterocycles. The van der Waals surface area contributed by atoms with Crippen molar-refractivity contribution in [2.75, 3.05) is 18.4 Å². The average molecular weight is 321 g/mol. The lowest BCUT2D eigenvalue weighted by atomic mass is 10.00. The lowest BCUT2D eigenvalue weighted by molar-refractivity contribution is 0.700. The molecule has 4 heteroatoms. The minimum Gasteiger partial charge on any atom is -0.377 e. The first-order valence-corrected chi connectivity index (χ1v) is 8.70. The van der Waals surface area contributed by atoms with E-state index >= 15 is 0 Å². The molecule has 21 heavy (non-hydrogen) atoms. The highest BCUT2D eigenvalue weighted by atomic mass is 35.5. The summed E-state index contributed by atoms with van der Waals surface area (Å²) in [5, 5.41) is 7.13. The van der Waals surface area contributed by atoms with Gasteiger partial charge in [0.05, 0.1) is 11.4 Å². The standard InChI is InChI=1S/C17H21ClN2S/c1-11-6-7-17(21-11)12(2)20-16-5-3-4-13-14(16)8-9-19-10-15(13)18/h3-7,12,15,19-20H,8-10H2,1-2H3. The van der Waals surface area contributed by atoms with Crippen LogP contribution < -0.4 is 10.6 Å². The van der Waals surface area contributed by atoms with Crippen LogP contribution in [0.3, 0.4) is 0 Å². The van der Waals surface area contributed by atoms with Crippen LogP contribution in [-0.2, 0) is 6.42 Å². The van der Waals surface area contributed by atoms with Crippen LogP contribution in [0.5, 0.6) is 0 Å². The number of nitrogens with one attached hydrogen (secondary N) is 2. The lowest BCUT2D eigenvalue weighted by Crippen LogP contribution is -2.17. The van der Waals surface area contributed by atoms with Gasteiger partial charge in [0.15, 0.2) is 0 Å². The fourth-order valence-electron chi connectivity index (χ4n) is 2.86. The summed E-state index contributed by atoms with van der Waals surface area (Å²) in [7, 11) is 0. The van der Waals surface area contributed by atoms with E-state index in [-0.39, 0.29) is 5.38 Å². The molecule has 1 aromatic heterocycles. The third-order valence-corrected chi connectivity index (χ3v) is 5.56. The van der Waals surface area contributed by atoms with Crippen molar-refractivity contribution in [2.45, 2.75) is 31.7 Å². The highest BCUT2D eigenvalue weighted by molar-refractivity contribution is 7.12. The number of fused-ring (bicyclic) bond motifs is 1. The molecule has 2 aromatic rings. The number of thiophene rings is 1. The Morgan fingerprint density at radius 2 is 2.19 bits per heavy atom. The summed E-state index contributed by atoms with van der Waals surface area (Å²) < 4.78 is 0. The summed E-state index contributed by atoms with van der Waals surface area (Å²) in [6, 6.07) is 11.2. The second kappa shape index (κ2) is 6.39. The molecular formula is C17H21ClN2S. The second-order valence-corrected chi connectivity index (χ2v) is 7.46.